The van der Waals surface area contributed by atoms with Crippen LogP contribution in [0.2, 0.25) is 5.02 Å². The van der Waals surface area contributed by atoms with Gasteiger partial charge in [0.05, 0.1) is 24.9 Å². The lowest BCUT2D eigenvalue weighted by atomic mass is 10.0. The van der Waals surface area contributed by atoms with Crippen LogP contribution in [0.5, 0.6) is 11.6 Å². The summed E-state index contributed by atoms with van der Waals surface area (Å²) in [6, 6.07) is 8.28. The summed E-state index contributed by atoms with van der Waals surface area (Å²) < 4.78 is 39.6. The van der Waals surface area contributed by atoms with Gasteiger partial charge in [0.1, 0.15) is 0 Å². The Labute approximate surface area is 201 Å². The third kappa shape index (κ3) is 4.39. The molecule has 0 fully saturated rings. The van der Waals surface area contributed by atoms with E-state index in [1.807, 2.05) is 19.1 Å². The van der Waals surface area contributed by atoms with E-state index in [9.17, 15) is 8.42 Å². The van der Waals surface area contributed by atoms with Crippen molar-refractivity contribution in [2.45, 2.75) is 11.8 Å². The Morgan fingerprint density at radius 2 is 1.79 bits per heavy atom. The number of fused-ring (bicyclic) bond motifs is 1. The van der Waals surface area contributed by atoms with Crippen LogP contribution in [0.4, 0.5) is 11.6 Å². The summed E-state index contributed by atoms with van der Waals surface area (Å²) in [6.07, 6.45) is 2.97. The molecule has 0 unspecified atom stereocenters. The number of rotatable bonds is 7. The molecule has 0 saturated carbocycles. The minimum atomic E-state index is -4.11. The zero-order chi connectivity index (χ0) is 24.5. The summed E-state index contributed by atoms with van der Waals surface area (Å²) >= 11 is 5.97. The minimum absolute atomic E-state index is 0.0810. The molecule has 4 rings (SSSR count). The second-order valence-corrected chi connectivity index (χ2v) is 9.22. The zero-order valence-corrected chi connectivity index (χ0v) is 20.3. The summed E-state index contributed by atoms with van der Waals surface area (Å²) in [5.74, 6) is 0.701. The Balaban J connectivity index is 1.81. The number of methoxy groups -OCH3 is 2. The van der Waals surface area contributed by atoms with Crippen LogP contribution in [0, 0.1) is 6.92 Å². The first-order chi connectivity index (χ1) is 16.3. The monoisotopic (exact) mass is 500 g/mol. The lowest BCUT2D eigenvalue weighted by molar-refractivity contribution is 0.385. The van der Waals surface area contributed by atoms with Crippen molar-refractivity contribution in [1.29, 1.82) is 0 Å². The normalized spacial score (nSPS) is 11.3. The lowest BCUT2D eigenvalue weighted by Gasteiger charge is -2.17. The van der Waals surface area contributed by atoms with E-state index in [1.165, 1.54) is 26.5 Å². The summed E-state index contributed by atoms with van der Waals surface area (Å²) in [7, 11) is 0.415. The standard InChI is InChI=1S/C22H21ClN6O4S/c1-12-16(8-13-10-26-22(24-2)28-20(13)27-12)15-6-5-7-17(19(15)32-3)29-34(30,31)18-9-14(23)11-25-21(18)33-4/h5-11,29H,1-4H3,(H,24,26,27,28). The largest absolute Gasteiger partial charge is 0.494 e. The number of nitrogens with zero attached hydrogens (tertiary/aromatic N) is 4. The number of aryl methyl sites for hydroxylation is 1. The van der Waals surface area contributed by atoms with Gasteiger partial charge in [-0.2, -0.15) is 4.98 Å². The number of halogens is 1. The molecule has 176 valence electrons. The predicted molar refractivity (Wildman–Crippen MR) is 130 cm³/mol. The average Bonchev–Trinajstić information content (AvgIpc) is 2.82. The third-order valence-corrected chi connectivity index (χ3v) is 6.57. The molecule has 0 aliphatic rings. The topological polar surface area (TPSA) is 128 Å². The molecule has 0 bridgehead atoms. The van der Waals surface area contributed by atoms with Crippen LogP contribution in [0.3, 0.4) is 0 Å². The van der Waals surface area contributed by atoms with Gasteiger partial charge in [-0.1, -0.05) is 23.7 Å². The Kier molecular flexibility index (Phi) is 6.40. The van der Waals surface area contributed by atoms with Gasteiger partial charge in [0.2, 0.25) is 11.8 Å². The van der Waals surface area contributed by atoms with E-state index in [0.29, 0.717) is 28.6 Å². The molecule has 0 aliphatic carbocycles. The van der Waals surface area contributed by atoms with E-state index >= 15 is 0 Å². The van der Waals surface area contributed by atoms with Gasteiger partial charge in [0.15, 0.2) is 16.3 Å². The quantitative estimate of drug-likeness (QED) is 0.388. The van der Waals surface area contributed by atoms with Crippen LogP contribution >= 0.6 is 11.6 Å². The predicted octanol–water partition coefficient (Wildman–Crippen LogP) is 3.91. The van der Waals surface area contributed by atoms with Crippen LogP contribution in [-0.2, 0) is 10.0 Å². The third-order valence-electron chi connectivity index (χ3n) is 5.00. The summed E-state index contributed by atoms with van der Waals surface area (Å²) in [5, 5.41) is 3.77. The molecule has 0 atom stereocenters. The van der Waals surface area contributed by atoms with Crippen molar-refractivity contribution in [3.05, 3.63) is 53.4 Å². The van der Waals surface area contributed by atoms with E-state index < -0.39 is 10.0 Å². The van der Waals surface area contributed by atoms with Crippen molar-refractivity contribution in [2.24, 2.45) is 0 Å². The number of ether oxygens (including phenoxy) is 2. The average molecular weight is 501 g/mol. The van der Waals surface area contributed by atoms with E-state index in [-0.39, 0.29) is 21.5 Å². The van der Waals surface area contributed by atoms with Crippen molar-refractivity contribution < 1.29 is 17.9 Å². The summed E-state index contributed by atoms with van der Waals surface area (Å²) in [6.45, 7) is 1.84. The number of aromatic nitrogens is 4. The van der Waals surface area contributed by atoms with Crippen LogP contribution in [0.25, 0.3) is 22.2 Å². The molecule has 2 N–H and O–H groups in total. The van der Waals surface area contributed by atoms with Crippen molar-refractivity contribution in [1.82, 2.24) is 19.9 Å². The smallest absolute Gasteiger partial charge is 0.267 e. The molecule has 0 saturated heterocycles. The van der Waals surface area contributed by atoms with Crippen LogP contribution in [0.1, 0.15) is 5.69 Å². The molecule has 0 spiro atoms. The second-order valence-electron chi connectivity index (χ2n) is 7.13. The molecular weight excluding hydrogens is 480 g/mol. The van der Waals surface area contributed by atoms with Gasteiger partial charge >= 0.3 is 0 Å². The van der Waals surface area contributed by atoms with Gasteiger partial charge in [-0.05, 0) is 25.1 Å². The highest BCUT2D eigenvalue weighted by molar-refractivity contribution is 7.92. The molecule has 0 radical (unpaired) electrons. The molecule has 0 aliphatic heterocycles. The number of anilines is 2. The highest BCUT2D eigenvalue weighted by Crippen LogP contribution is 2.39. The van der Waals surface area contributed by atoms with Crippen LogP contribution < -0.4 is 19.5 Å². The number of hydrogen-bond donors (Lipinski definition) is 2. The Bertz CT molecular complexity index is 1500. The molecule has 34 heavy (non-hydrogen) atoms. The molecule has 0 amide bonds. The number of nitrogens with one attached hydrogen (secondary N) is 2. The fourth-order valence-electron chi connectivity index (χ4n) is 3.45. The first-order valence-electron chi connectivity index (χ1n) is 9.99. The maximum absolute atomic E-state index is 13.2. The van der Waals surface area contributed by atoms with Gasteiger partial charge < -0.3 is 14.8 Å². The van der Waals surface area contributed by atoms with Crippen molar-refractivity contribution >= 4 is 44.3 Å². The number of para-hydroxylation sites is 1. The Morgan fingerprint density at radius 3 is 2.50 bits per heavy atom. The Morgan fingerprint density at radius 1 is 1.00 bits per heavy atom. The first-order valence-corrected chi connectivity index (χ1v) is 11.9. The number of sulfonamides is 1. The SMILES string of the molecule is CNc1ncc2cc(-c3cccc(NS(=O)(=O)c4cc(Cl)cnc4OC)c3OC)c(C)nc2n1. The molecule has 3 heterocycles. The van der Waals surface area contributed by atoms with Crippen molar-refractivity contribution in [3.8, 4) is 22.8 Å². The van der Waals surface area contributed by atoms with Gasteiger partial charge in [-0.3, -0.25) is 4.72 Å². The second kappa shape index (κ2) is 9.27. The number of benzene rings is 1. The van der Waals surface area contributed by atoms with E-state index in [1.54, 1.807) is 25.4 Å². The molecular formula is C22H21ClN6O4S. The minimum Gasteiger partial charge on any atom is -0.494 e. The molecule has 10 nitrogen and oxygen atoms in total. The molecule has 1 aromatic carbocycles. The zero-order valence-electron chi connectivity index (χ0n) is 18.7. The van der Waals surface area contributed by atoms with Gasteiger partial charge in [0.25, 0.3) is 10.0 Å². The van der Waals surface area contributed by atoms with Crippen LogP contribution in [-0.4, -0.2) is 49.6 Å². The van der Waals surface area contributed by atoms with Crippen molar-refractivity contribution in [3.63, 3.8) is 0 Å². The van der Waals surface area contributed by atoms with Gasteiger partial charge in [0, 0.05) is 41.6 Å². The van der Waals surface area contributed by atoms with Gasteiger partial charge in [-0.15, -0.1) is 0 Å². The first kappa shape index (κ1) is 23.5. The van der Waals surface area contributed by atoms with Gasteiger partial charge in [-0.25, -0.2) is 23.4 Å². The summed E-state index contributed by atoms with van der Waals surface area (Å²) in [4.78, 5) is 16.9. The van der Waals surface area contributed by atoms with Crippen molar-refractivity contribution in [2.75, 3.05) is 31.3 Å². The van der Waals surface area contributed by atoms with E-state index in [2.05, 4.69) is 30.0 Å². The number of pyridine rings is 2. The maximum Gasteiger partial charge on any atom is 0.267 e. The maximum atomic E-state index is 13.2. The summed E-state index contributed by atoms with van der Waals surface area (Å²) in [5.41, 5.74) is 2.84. The van der Waals surface area contributed by atoms with Crippen LogP contribution in [0.15, 0.2) is 47.6 Å². The van der Waals surface area contributed by atoms with E-state index in [4.69, 9.17) is 21.1 Å². The molecule has 4 aromatic rings. The highest BCUT2D eigenvalue weighted by atomic mass is 35.5. The fourth-order valence-corrected chi connectivity index (χ4v) is 4.88. The molecule has 3 aromatic heterocycles. The van der Waals surface area contributed by atoms with E-state index in [0.717, 1.165) is 10.9 Å². The molecule has 12 heteroatoms. The lowest BCUT2D eigenvalue weighted by Crippen LogP contribution is -2.15. The number of hydrogen-bond acceptors (Lipinski definition) is 9. The Hall–Kier alpha value is -3.70. The fraction of sp³-hybridized carbons (Fsp3) is 0.182. The highest BCUT2D eigenvalue weighted by Gasteiger charge is 2.24.